The van der Waals surface area contributed by atoms with Crippen LogP contribution in [0.4, 0.5) is 4.79 Å². The summed E-state index contributed by atoms with van der Waals surface area (Å²) in [5, 5.41) is 5.10. The van der Waals surface area contributed by atoms with Crippen molar-refractivity contribution in [3.8, 4) is 0 Å². The van der Waals surface area contributed by atoms with Crippen molar-refractivity contribution in [2.24, 2.45) is 5.73 Å². The third-order valence-electron chi connectivity index (χ3n) is 3.56. The summed E-state index contributed by atoms with van der Waals surface area (Å²) in [6, 6.07) is 7.73. The highest BCUT2D eigenvalue weighted by molar-refractivity contribution is 6.30. The number of likely N-dealkylation sites (tertiary alicyclic amines) is 1. The molecule has 3 rings (SSSR count). The number of nitrogens with zero attached hydrogens (tertiary/aromatic N) is 3. The van der Waals surface area contributed by atoms with Gasteiger partial charge in [0.15, 0.2) is 0 Å². The van der Waals surface area contributed by atoms with Crippen molar-refractivity contribution in [2.45, 2.75) is 19.2 Å². The molecule has 2 heterocycles. The van der Waals surface area contributed by atoms with Gasteiger partial charge >= 0.3 is 6.09 Å². The molecule has 0 spiro atoms. The second-order valence-corrected chi connectivity index (χ2v) is 5.86. The highest BCUT2D eigenvalue weighted by Gasteiger charge is 2.29. The van der Waals surface area contributed by atoms with E-state index < -0.39 is 6.09 Å². The number of carbonyl (C=O) groups excluding carboxylic acids is 1. The first kappa shape index (κ1) is 14.9. The Morgan fingerprint density at radius 1 is 1.27 bits per heavy atom. The van der Waals surface area contributed by atoms with Crippen LogP contribution in [0.5, 0.6) is 0 Å². The molecule has 0 unspecified atom stereocenters. The molecule has 6 nitrogen and oxygen atoms in total. The Hall–Kier alpha value is -2.05. The topological polar surface area (TPSA) is 73.4 Å². The van der Waals surface area contributed by atoms with Crippen molar-refractivity contribution >= 4 is 17.7 Å². The number of nitrogens with two attached hydrogens (primary N) is 1. The monoisotopic (exact) mass is 320 g/mol. The summed E-state index contributed by atoms with van der Waals surface area (Å²) in [5.74, 6) is 0. The third kappa shape index (κ3) is 3.78. The first-order valence-corrected chi connectivity index (χ1v) is 7.40. The summed E-state index contributed by atoms with van der Waals surface area (Å²) in [6.45, 7) is 2.93. The maximum absolute atomic E-state index is 10.6. The Kier molecular flexibility index (Phi) is 4.31. The van der Waals surface area contributed by atoms with Crippen LogP contribution >= 0.6 is 11.6 Å². The molecule has 0 aliphatic carbocycles. The van der Waals surface area contributed by atoms with Crippen LogP contribution in [-0.4, -0.2) is 40.0 Å². The van der Waals surface area contributed by atoms with E-state index in [2.05, 4.69) is 10.00 Å². The minimum absolute atomic E-state index is 0.0818. The predicted octanol–water partition coefficient (Wildman–Crippen LogP) is 1.86. The maximum Gasteiger partial charge on any atom is 0.404 e. The van der Waals surface area contributed by atoms with Crippen molar-refractivity contribution in [3.05, 3.63) is 52.8 Å². The minimum atomic E-state index is -0.708. The molecular weight excluding hydrogens is 304 g/mol. The van der Waals surface area contributed by atoms with Crippen molar-refractivity contribution < 1.29 is 9.53 Å². The van der Waals surface area contributed by atoms with Gasteiger partial charge in [0.05, 0.1) is 12.7 Å². The quantitative estimate of drug-likeness (QED) is 0.912. The molecule has 116 valence electrons. The minimum Gasteiger partial charge on any atom is -0.444 e. The molecule has 1 saturated heterocycles. The number of carbonyl (C=O) groups is 1. The van der Waals surface area contributed by atoms with E-state index in [1.165, 1.54) is 0 Å². The Morgan fingerprint density at radius 2 is 2.00 bits per heavy atom. The van der Waals surface area contributed by atoms with Gasteiger partial charge in [0.25, 0.3) is 0 Å². The summed E-state index contributed by atoms with van der Waals surface area (Å²) in [4.78, 5) is 12.8. The van der Waals surface area contributed by atoms with Crippen LogP contribution in [0.3, 0.4) is 0 Å². The number of halogens is 1. The zero-order valence-electron chi connectivity index (χ0n) is 12.0. The van der Waals surface area contributed by atoms with E-state index in [9.17, 15) is 4.79 Å². The molecule has 0 radical (unpaired) electrons. The first-order chi connectivity index (χ1) is 10.6. The van der Waals surface area contributed by atoms with Crippen LogP contribution in [0.15, 0.2) is 36.7 Å². The van der Waals surface area contributed by atoms with E-state index in [1.54, 1.807) is 0 Å². The van der Waals surface area contributed by atoms with Crippen LogP contribution in [-0.2, 0) is 17.8 Å². The molecule has 1 aliphatic rings. The Bertz CT molecular complexity index is 650. The molecule has 2 N–H and O–H groups in total. The van der Waals surface area contributed by atoms with Crippen LogP contribution in [0.2, 0.25) is 5.02 Å². The molecule has 1 fully saturated rings. The Labute approximate surface area is 133 Å². The number of primary amides is 1. The van der Waals surface area contributed by atoms with Gasteiger partial charge in [-0.3, -0.25) is 9.58 Å². The first-order valence-electron chi connectivity index (χ1n) is 7.03. The Balaban J connectivity index is 1.50. The van der Waals surface area contributed by atoms with Crippen molar-refractivity contribution in [2.75, 3.05) is 13.1 Å². The molecule has 1 aromatic carbocycles. The normalized spacial score (nSPS) is 15.5. The van der Waals surface area contributed by atoms with Gasteiger partial charge in [-0.15, -0.1) is 0 Å². The van der Waals surface area contributed by atoms with Gasteiger partial charge in [-0.25, -0.2) is 4.79 Å². The van der Waals surface area contributed by atoms with Gasteiger partial charge < -0.3 is 10.5 Å². The van der Waals surface area contributed by atoms with Crippen LogP contribution < -0.4 is 5.73 Å². The van der Waals surface area contributed by atoms with Crippen LogP contribution in [0, 0.1) is 0 Å². The summed E-state index contributed by atoms with van der Waals surface area (Å²) in [5.41, 5.74) is 7.27. The molecule has 7 heteroatoms. The molecule has 0 atom stereocenters. The lowest BCUT2D eigenvalue weighted by Crippen LogP contribution is -2.52. The van der Waals surface area contributed by atoms with E-state index in [0.29, 0.717) is 19.6 Å². The number of amides is 1. The molecule has 0 saturated carbocycles. The molecule has 0 bridgehead atoms. The van der Waals surface area contributed by atoms with Crippen molar-refractivity contribution in [1.29, 1.82) is 0 Å². The fourth-order valence-corrected chi connectivity index (χ4v) is 2.63. The number of benzene rings is 1. The second kappa shape index (κ2) is 6.37. The summed E-state index contributed by atoms with van der Waals surface area (Å²) < 4.78 is 6.81. The summed E-state index contributed by atoms with van der Waals surface area (Å²) >= 11 is 5.87. The van der Waals surface area contributed by atoms with Gasteiger partial charge in [-0.2, -0.15) is 5.10 Å². The number of hydrogen-bond donors (Lipinski definition) is 1. The van der Waals surface area contributed by atoms with Crippen LogP contribution in [0.1, 0.15) is 11.1 Å². The summed E-state index contributed by atoms with van der Waals surface area (Å²) in [6.07, 6.45) is 3.09. The lowest BCUT2D eigenvalue weighted by molar-refractivity contribution is -0.0137. The van der Waals surface area contributed by atoms with E-state index in [0.717, 1.165) is 22.7 Å². The molecule has 1 amide bonds. The molecular formula is C15H17ClN4O2. The van der Waals surface area contributed by atoms with Gasteiger partial charge in [-0.1, -0.05) is 23.7 Å². The molecule has 1 aliphatic heterocycles. The highest BCUT2D eigenvalue weighted by Crippen LogP contribution is 2.16. The summed E-state index contributed by atoms with van der Waals surface area (Å²) in [7, 11) is 0. The van der Waals surface area contributed by atoms with E-state index in [4.69, 9.17) is 22.1 Å². The average Bonchev–Trinajstić information content (AvgIpc) is 2.86. The van der Waals surface area contributed by atoms with E-state index >= 15 is 0 Å². The number of ether oxygens (including phenoxy) is 1. The van der Waals surface area contributed by atoms with E-state index in [-0.39, 0.29) is 6.10 Å². The molecule has 22 heavy (non-hydrogen) atoms. The fraction of sp³-hybridized carbons (Fsp3) is 0.333. The van der Waals surface area contributed by atoms with Crippen molar-refractivity contribution in [3.63, 3.8) is 0 Å². The third-order valence-corrected chi connectivity index (χ3v) is 3.81. The zero-order valence-corrected chi connectivity index (χ0v) is 12.7. The van der Waals surface area contributed by atoms with Gasteiger partial charge in [0.2, 0.25) is 0 Å². The van der Waals surface area contributed by atoms with Gasteiger partial charge in [0.1, 0.15) is 6.10 Å². The molecule has 2 aromatic rings. The fourth-order valence-electron chi connectivity index (χ4n) is 2.50. The standard InChI is InChI=1S/C15H17ClN4O2/c16-13-3-1-11(2-4-13)7-20-8-12(5-18-20)6-19-9-14(10-19)22-15(17)21/h1-5,8,14H,6-7,9-10H2,(H2,17,21). The van der Waals surface area contributed by atoms with E-state index in [1.807, 2.05) is 41.3 Å². The van der Waals surface area contributed by atoms with Gasteiger partial charge in [0, 0.05) is 36.4 Å². The lowest BCUT2D eigenvalue weighted by atomic mass is 10.1. The van der Waals surface area contributed by atoms with Gasteiger partial charge in [-0.05, 0) is 17.7 Å². The maximum atomic E-state index is 10.6. The second-order valence-electron chi connectivity index (χ2n) is 5.43. The van der Waals surface area contributed by atoms with Crippen LogP contribution in [0.25, 0.3) is 0 Å². The lowest BCUT2D eigenvalue weighted by Gasteiger charge is -2.37. The number of aromatic nitrogens is 2. The van der Waals surface area contributed by atoms with Crippen molar-refractivity contribution in [1.82, 2.24) is 14.7 Å². The predicted molar refractivity (Wildman–Crippen MR) is 82.5 cm³/mol. The SMILES string of the molecule is NC(=O)OC1CN(Cc2cnn(Cc3ccc(Cl)cc3)c2)C1. The highest BCUT2D eigenvalue weighted by atomic mass is 35.5. The number of hydrogen-bond acceptors (Lipinski definition) is 4. The average molecular weight is 321 g/mol. The number of rotatable bonds is 5. The Morgan fingerprint density at radius 3 is 2.68 bits per heavy atom. The molecule has 1 aromatic heterocycles. The largest absolute Gasteiger partial charge is 0.444 e. The zero-order chi connectivity index (χ0) is 15.5. The smallest absolute Gasteiger partial charge is 0.404 e.